The standard InChI is InChI=1S/C20H30N2O2/c1-24-16-20(11-5-12-20)15-21-18-8-9-19(23)22(13-10-18)14-17-6-3-2-4-7-17/h2-4,6-7,18,21H,5,8-16H2,1H3. The normalized spacial score (nSPS) is 23.6. The van der Waals surface area contributed by atoms with Crippen molar-refractivity contribution in [1.82, 2.24) is 10.2 Å². The first-order valence-corrected chi connectivity index (χ1v) is 9.25. The van der Waals surface area contributed by atoms with Crippen molar-refractivity contribution in [3.05, 3.63) is 35.9 Å². The highest BCUT2D eigenvalue weighted by Crippen LogP contribution is 2.40. The molecule has 132 valence electrons. The maximum atomic E-state index is 12.4. The Bertz CT molecular complexity index is 528. The third-order valence-corrected chi connectivity index (χ3v) is 5.65. The Balaban J connectivity index is 1.49. The molecule has 24 heavy (non-hydrogen) atoms. The van der Waals surface area contributed by atoms with Crippen LogP contribution in [0.4, 0.5) is 0 Å². The molecule has 1 amide bonds. The number of nitrogens with one attached hydrogen (secondary N) is 1. The number of hydrogen-bond donors (Lipinski definition) is 1. The first kappa shape index (κ1) is 17.4. The number of methoxy groups -OCH3 is 1. The van der Waals surface area contributed by atoms with Crippen molar-refractivity contribution < 1.29 is 9.53 Å². The van der Waals surface area contributed by atoms with E-state index in [2.05, 4.69) is 17.4 Å². The average Bonchev–Trinajstić information content (AvgIpc) is 2.74. The van der Waals surface area contributed by atoms with Gasteiger partial charge in [-0.15, -0.1) is 0 Å². The largest absolute Gasteiger partial charge is 0.384 e. The van der Waals surface area contributed by atoms with E-state index in [4.69, 9.17) is 4.74 Å². The van der Waals surface area contributed by atoms with Gasteiger partial charge in [0.05, 0.1) is 6.61 Å². The number of carbonyl (C=O) groups is 1. The van der Waals surface area contributed by atoms with Crippen molar-refractivity contribution in [1.29, 1.82) is 0 Å². The van der Waals surface area contributed by atoms with E-state index < -0.39 is 0 Å². The zero-order valence-electron chi connectivity index (χ0n) is 14.8. The van der Waals surface area contributed by atoms with Crippen LogP contribution in [0.1, 0.15) is 44.1 Å². The molecule has 1 saturated carbocycles. The minimum atomic E-state index is 0.290. The zero-order valence-corrected chi connectivity index (χ0v) is 14.8. The Morgan fingerprint density at radius 1 is 1.25 bits per heavy atom. The molecule has 0 spiro atoms. The smallest absolute Gasteiger partial charge is 0.222 e. The van der Waals surface area contributed by atoms with Gasteiger partial charge in [-0.05, 0) is 31.2 Å². The number of nitrogens with zero attached hydrogens (tertiary/aromatic N) is 1. The van der Waals surface area contributed by atoms with Crippen LogP contribution in [0.15, 0.2) is 30.3 Å². The predicted molar refractivity (Wildman–Crippen MR) is 95.7 cm³/mol. The second kappa shape index (κ2) is 8.13. The van der Waals surface area contributed by atoms with E-state index in [0.717, 1.165) is 39.1 Å². The molecule has 4 nitrogen and oxygen atoms in total. The van der Waals surface area contributed by atoms with Crippen LogP contribution >= 0.6 is 0 Å². The Labute approximate surface area is 145 Å². The summed E-state index contributed by atoms with van der Waals surface area (Å²) in [5, 5.41) is 3.74. The summed E-state index contributed by atoms with van der Waals surface area (Å²) in [6, 6.07) is 10.7. The van der Waals surface area contributed by atoms with E-state index in [0.29, 0.717) is 23.8 Å². The van der Waals surface area contributed by atoms with Crippen LogP contribution in [0.25, 0.3) is 0 Å². The molecule has 1 heterocycles. The van der Waals surface area contributed by atoms with Crippen LogP contribution in [0, 0.1) is 5.41 Å². The van der Waals surface area contributed by atoms with Crippen LogP contribution < -0.4 is 5.32 Å². The van der Waals surface area contributed by atoms with Gasteiger partial charge in [0.15, 0.2) is 0 Å². The van der Waals surface area contributed by atoms with Crippen molar-refractivity contribution in [2.24, 2.45) is 5.41 Å². The Kier molecular flexibility index (Phi) is 5.90. The number of amides is 1. The first-order valence-electron chi connectivity index (χ1n) is 9.25. The summed E-state index contributed by atoms with van der Waals surface area (Å²) < 4.78 is 5.41. The van der Waals surface area contributed by atoms with Crippen molar-refractivity contribution in [2.75, 3.05) is 26.8 Å². The summed E-state index contributed by atoms with van der Waals surface area (Å²) in [6.07, 6.45) is 6.49. The van der Waals surface area contributed by atoms with E-state index in [1.54, 1.807) is 7.11 Å². The maximum absolute atomic E-state index is 12.4. The lowest BCUT2D eigenvalue weighted by Gasteiger charge is -2.42. The van der Waals surface area contributed by atoms with Gasteiger partial charge in [0.2, 0.25) is 5.91 Å². The molecule has 2 aliphatic rings. The zero-order chi connectivity index (χ0) is 16.8. The number of benzene rings is 1. The van der Waals surface area contributed by atoms with Gasteiger partial charge in [-0.1, -0.05) is 36.8 Å². The van der Waals surface area contributed by atoms with Crippen molar-refractivity contribution in [2.45, 2.75) is 51.1 Å². The van der Waals surface area contributed by atoms with Gasteiger partial charge in [0, 0.05) is 44.6 Å². The van der Waals surface area contributed by atoms with E-state index in [9.17, 15) is 4.79 Å². The van der Waals surface area contributed by atoms with Gasteiger partial charge in [-0.2, -0.15) is 0 Å². The second-order valence-electron chi connectivity index (χ2n) is 7.49. The predicted octanol–water partition coefficient (Wildman–Crippen LogP) is 2.97. The summed E-state index contributed by atoms with van der Waals surface area (Å²) in [6.45, 7) is 3.47. The van der Waals surface area contributed by atoms with Gasteiger partial charge in [0.25, 0.3) is 0 Å². The van der Waals surface area contributed by atoms with Gasteiger partial charge < -0.3 is 15.0 Å². The van der Waals surface area contributed by atoms with E-state index >= 15 is 0 Å². The summed E-state index contributed by atoms with van der Waals surface area (Å²) in [5.74, 6) is 0.290. The molecule has 0 aromatic heterocycles. The number of rotatable bonds is 7. The van der Waals surface area contributed by atoms with Crippen molar-refractivity contribution in [3.63, 3.8) is 0 Å². The fraction of sp³-hybridized carbons (Fsp3) is 0.650. The maximum Gasteiger partial charge on any atom is 0.222 e. The molecule has 2 fully saturated rings. The van der Waals surface area contributed by atoms with Gasteiger partial charge >= 0.3 is 0 Å². The van der Waals surface area contributed by atoms with Crippen LogP contribution in [0.3, 0.4) is 0 Å². The molecule has 0 bridgehead atoms. The Morgan fingerprint density at radius 2 is 2.04 bits per heavy atom. The van der Waals surface area contributed by atoms with E-state index in [1.165, 1.54) is 24.8 Å². The number of ether oxygens (including phenoxy) is 1. The highest BCUT2D eigenvalue weighted by atomic mass is 16.5. The van der Waals surface area contributed by atoms with Gasteiger partial charge in [-0.3, -0.25) is 4.79 Å². The Hall–Kier alpha value is -1.39. The van der Waals surface area contributed by atoms with Crippen molar-refractivity contribution >= 4 is 5.91 Å². The topological polar surface area (TPSA) is 41.6 Å². The monoisotopic (exact) mass is 330 g/mol. The van der Waals surface area contributed by atoms with E-state index in [1.807, 2.05) is 23.1 Å². The van der Waals surface area contributed by atoms with Crippen LogP contribution in [-0.2, 0) is 16.1 Å². The molecule has 1 aliphatic carbocycles. The highest BCUT2D eigenvalue weighted by molar-refractivity contribution is 5.76. The number of carbonyl (C=O) groups excluding carboxylic acids is 1. The molecule has 1 aromatic rings. The fourth-order valence-electron chi connectivity index (χ4n) is 3.93. The first-order chi connectivity index (χ1) is 11.7. The lowest BCUT2D eigenvalue weighted by Crippen LogP contribution is -2.46. The summed E-state index contributed by atoms with van der Waals surface area (Å²) in [7, 11) is 1.80. The lowest BCUT2D eigenvalue weighted by atomic mass is 9.69. The quantitative estimate of drug-likeness (QED) is 0.836. The molecule has 3 rings (SSSR count). The fourth-order valence-corrected chi connectivity index (χ4v) is 3.93. The molecule has 1 unspecified atom stereocenters. The van der Waals surface area contributed by atoms with E-state index in [-0.39, 0.29) is 0 Å². The molecular weight excluding hydrogens is 300 g/mol. The molecule has 1 saturated heterocycles. The van der Waals surface area contributed by atoms with Crippen LogP contribution in [0.2, 0.25) is 0 Å². The molecule has 1 atom stereocenters. The Morgan fingerprint density at radius 3 is 2.71 bits per heavy atom. The molecule has 1 N–H and O–H groups in total. The lowest BCUT2D eigenvalue weighted by molar-refractivity contribution is -0.131. The molecule has 1 aliphatic heterocycles. The molecule has 4 heteroatoms. The number of hydrogen-bond acceptors (Lipinski definition) is 3. The van der Waals surface area contributed by atoms with Gasteiger partial charge in [-0.25, -0.2) is 0 Å². The summed E-state index contributed by atoms with van der Waals surface area (Å²) in [4.78, 5) is 14.4. The summed E-state index contributed by atoms with van der Waals surface area (Å²) >= 11 is 0. The molecular formula is C20H30N2O2. The van der Waals surface area contributed by atoms with Gasteiger partial charge in [0.1, 0.15) is 0 Å². The highest BCUT2D eigenvalue weighted by Gasteiger charge is 2.37. The SMILES string of the molecule is COCC1(CNC2CCC(=O)N(Cc3ccccc3)CC2)CCC1. The van der Waals surface area contributed by atoms with Crippen LogP contribution in [0.5, 0.6) is 0 Å². The van der Waals surface area contributed by atoms with Crippen LogP contribution in [-0.4, -0.2) is 43.7 Å². The number of likely N-dealkylation sites (tertiary alicyclic amines) is 1. The molecule has 0 radical (unpaired) electrons. The molecule has 1 aromatic carbocycles. The van der Waals surface area contributed by atoms with Crippen molar-refractivity contribution in [3.8, 4) is 0 Å². The summed E-state index contributed by atoms with van der Waals surface area (Å²) in [5.41, 5.74) is 1.56. The third-order valence-electron chi connectivity index (χ3n) is 5.65. The second-order valence-corrected chi connectivity index (χ2v) is 7.49. The minimum Gasteiger partial charge on any atom is -0.384 e. The average molecular weight is 330 g/mol. The third kappa shape index (κ3) is 4.37. The minimum absolute atomic E-state index is 0.290.